The molecule has 21 heavy (non-hydrogen) atoms. The summed E-state index contributed by atoms with van der Waals surface area (Å²) in [7, 11) is 0. The van der Waals surface area contributed by atoms with Gasteiger partial charge in [0.25, 0.3) is 5.91 Å². The van der Waals surface area contributed by atoms with Gasteiger partial charge in [-0.25, -0.2) is 0 Å². The summed E-state index contributed by atoms with van der Waals surface area (Å²) in [6, 6.07) is 7.60. The Morgan fingerprint density at radius 3 is 2.95 bits per heavy atom. The number of hydrogen-bond acceptors (Lipinski definition) is 3. The van der Waals surface area contributed by atoms with E-state index in [4.69, 9.17) is 5.11 Å². The number of benzene rings is 1. The Labute approximate surface area is 137 Å². The maximum absolute atomic E-state index is 12.5. The van der Waals surface area contributed by atoms with E-state index in [1.807, 2.05) is 29.2 Å². The second-order valence-electron chi connectivity index (χ2n) is 5.29. The Morgan fingerprint density at radius 2 is 2.24 bits per heavy atom. The minimum Gasteiger partial charge on any atom is -0.480 e. The van der Waals surface area contributed by atoms with Crippen LogP contribution < -0.4 is 5.32 Å². The lowest BCUT2D eigenvalue weighted by atomic mass is 9.97. The van der Waals surface area contributed by atoms with Crippen molar-refractivity contribution < 1.29 is 14.7 Å². The number of nitrogens with one attached hydrogen (secondary N) is 1. The third kappa shape index (κ3) is 4.96. The number of nitrogens with zero attached hydrogens (tertiary/aromatic N) is 1. The molecule has 114 valence electrons. The molecular formula is C15H19IN2O3. The van der Waals surface area contributed by atoms with Crippen LogP contribution in [-0.2, 0) is 4.79 Å². The fourth-order valence-corrected chi connectivity index (χ4v) is 3.15. The molecule has 1 aliphatic heterocycles. The van der Waals surface area contributed by atoms with E-state index in [1.54, 1.807) is 0 Å². The van der Waals surface area contributed by atoms with Crippen LogP contribution in [0.3, 0.4) is 0 Å². The third-order valence-electron chi connectivity index (χ3n) is 3.59. The standard InChI is InChI=1S/C15H19IN2O3/c16-13-5-1-4-12(7-13)15(21)18-6-2-3-11(10-18)8-17-9-14(19)20/h1,4-5,7,11,17H,2-3,6,8-10H2,(H,19,20). The van der Waals surface area contributed by atoms with Crippen molar-refractivity contribution in [3.8, 4) is 0 Å². The number of hydrogen-bond donors (Lipinski definition) is 2. The van der Waals surface area contributed by atoms with Gasteiger partial charge in [0.2, 0.25) is 0 Å². The average molecular weight is 402 g/mol. The summed E-state index contributed by atoms with van der Waals surface area (Å²) in [4.78, 5) is 24.9. The van der Waals surface area contributed by atoms with Crippen LogP contribution in [0.25, 0.3) is 0 Å². The van der Waals surface area contributed by atoms with Gasteiger partial charge in [-0.3, -0.25) is 9.59 Å². The highest BCUT2D eigenvalue weighted by Gasteiger charge is 2.24. The SMILES string of the molecule is O=C(O)CNCC1CCCN(C(=O)c2cccc(I)c2)C1. The number of amides is 1. The topological polar surface area (TPSA) is 69.6 Å². The van der Waals surface area contributed by atoms with E-state index in [-0.39, 0.29) is 12.5 Å². The first-order valence-corrected chi connectivity index (χ1v) is 8.11. The van der Waals surface area contributed by atoms with E-state index in [0.717, 1.165) is 28.5 Å². The van der Waals surface area contributed by atoms with Gasteiger partial charge in [0.05, 0.1) is 6.54 Å². The van der Waals surface area contributed by atoms with Crippen molar-refractivity contribution in [1.82, 2.24) is 10.2 Å². The highest BCUT2D eigenvalue weighted by Crippen LogP contribution is 2.19. The summed E-state index contributed by atoms with van der Waals surface area (Å²) in [5, 5.41) is 11.6. The van der Waals surface area contributed by atoms with Gasteiger partial charge in [0.1, 0.15) is 0 Å². The number of piperidine rings is 1. The Bertz CT molecular complexity index is 521. The summed E-state index contributed by atoms with van der Waals surface area (Å²) in [6.45, 7) is 2.08. The molecule has 1 fully saturated rings. The van der Waals surface area contributed by atoms with Crippen LogP contribution in [0.4, 0.5) is 0 Å². The van der Waals surface area contributed by atoms with Crippen LogP contribution >= 0.6 is 22.6 Å². The molecule has 1 unspecified atom stereocenters. The molecule has 0 spiro atoms. The fraction of sp³-hybridized carbons (Fsp3) is 0.467. The minimum absolute atomic E-state index is 0.0265. The number of aliphatic carboxylic acids is 1. The number of carbonyl (C=O) groups is 2. The van der Waals surface area contributed by atoms with Crippen LogP contribution in [0.5, 0.6) is 0 Å². The number of carboxylic acid groups (broad SMARTS) is 1. The number of carboxylic acids is 1. The van der Waals surface area contributed by atoms with Crippen LogP contribution in [-0.4, -0.2) is 48.1 Å². The average Bonchev–Trinajstić information content (AvgIpc) is 2.46. The first-order valence-electron chi connectivity index (χ1n) is 7.03. The largest absolute Gasteiger partial charge is 0.480 e. The van der Waals surface area contributed by atoms with Gasteiger partial charge in [-0.15, -0.1) is 0 Å². The number of halogens is 1. The lowest BCUT2D eigenvalue weighted by Crippen LogP contribution is -2.43. The zero-order chi connectivity index (χ0) is 15.2. The van der Waals surface area contributed by atoms with Gasteiger partial charge in [0.15, 0.2) is 0 Å². The summed E-state index contributed by atoms with van der Waals surface area (Å²) in [5.74, 6) is -0.459. The minimum atomic E-state index is -0.849. The molecule has 1 heterocycles. The second-order valence-corrected chi connectivity index (χ2v) is 6.54. The van der Waals surface area contributed by atoms with Gasteiger partial charge < -0.3 is 15.3 Å². The van der Waals surface area contributed by atoms with Crippen LogP contribution in [0.1, 0.15) is 23.2 Å². The summed E-state index contributed by atoms with van der Waals surface area (Å²) in [6.07, 6.45) is 2.00. The Morgan fingerprint density at radius 1 is 1.43 bits per heavy atom. The second kappa shape index (κ2) is 7.74. The molecule has 0 saturated carbocycles. The molecule has 0 aromatic heterocycles. The molecule has 1 amide bonds. The van der Waals surface area contributed by atoms with Gasteiger partial charge >= 0.3 is 5.97 Å². The maximum Gasteiger partial charge on any atom is 0.317 e. The quantitative estimate of drug-likeness (QED) is 0.738. The van der Waals surface area contributed by atoms with E-state index in [9.17, 15) is 9.59 Å². The molecular weight excluding hydrogens is 383 g/mol. The molecule has 2 rings (SSSR count). The first-order chi connectivity index (χ1) is 10.1. The van der Waals surface area contributed by atoms with Crippen LogP contribution in [0.15, 0.2) is 24.3 Å². The molecule has 5 nitrogen and oxygen atoms in total. The smallest absolute Gasteiger partial charge is 0.317 e. The number of rotatable bonds is 5. The monoisotopic (exact) mass is 402 g/mol. The Hall–Kier alpha value is -1.15. The first kappa shape index (κ1) is 16.2. The van der Waals surface area contributed by atoms with Crippen molar-refractivity contribution in [3.05, 3.63) is 33.4 Å². The van der Waals surface area contributed by atoms with Crippen molar-refractivity contribution in [1.29, 1.82) is 0 Å². The van der Waals surface area contributed by atoms with Gasteiger partial charge in [-0.1, -0.05) is 6.07 Å². The van der Waals surface area contributed by atoms with Crippen molar-refractivity contribution in [3.63, 3.8) is 0 Å². The molecule has 1 atom stereocenters. The van der Waals surface area contributed by atoms with Crippen molar-refractivity contribution in [2.45, 2.75) is 12.8 Å². The van der Waals surface area contributed by atoms with Crippen molar-refractivity contribution in [2.24, 2.45) is 5.92 Å². The number of carbonyl (C=O) groups excluding carboxylic acids is 1. The molecule has 1 aliphatic rings. The summed E-state index contributed by atoms with van der Waals surface area (Å²) < 4.78 is 1.05. The van der Waals surface area contributed by atoms with Gasteiger partial charge in [0, 0.05) is 28.8 Å². The fourth-order valence-electron chi connectivity index (χ4n) is 2.60. The zero-order valence-electron chi connectivity index (χ0n) is 11.7. The highest BCUT2D eigenvalue weighted by molar-refractivity contribution is 14.1. The van der Waals surface area contributed by atoms with Crippen molar-refractivity contribution in [2.75, 3.05) is 26.2 Å². The molecule has 0 radical (unpaired) electrons. The molecule has 0 bridgehead atoms. The van der Waals surface area contributed by atoms with E-state index >= 15 is 0 Å². The third-order valence-corrected chi connectivity index (χ3v) is 4.26. The normalized spacial score (nSPS) is 18.5. The summed E-state index contributed by atoms with van der Waals surface area (Å²) in [5.41, 5.74) is 0.723. The predicted octanol–water partition coefficient (Wildman–Crippen LogP) is 1.82. The molecule has 0 aliphatic carbocycles. The predicted molar refractivity (Wildman–Crippen MR) is 88.3 cm³/mol. The van der Waals surface area contributed by atoms with E-state index < -0.39 is 5.97 Å². The van der Waals surface area contributed by atoms with Crippen molar-refractivity contribution >= 4 is 34.5 Å². The Kier molecular flexibility index (Phi) is 5.98. The van der Waals surface area contributed by atoms with E-state index in [2.05, 4.69) is 27.9 Å². The van der Waals surface area contributed by atoms with Crippen LogP contribution in [0, 0.1) is 9.49 Å². The van der Waals surface area contributed by atoms with Crippen LogP contribution in [0.2, 0.25) is 0 Å². The van der Waals surface area contributed by atoms with E-state index in [0.29, 0.717) is 19.0 Å². The van der Waals surface area contributed by atoms with Gasteiger partial charge in [-0.05, 0) is 59.5 Å². The maximum atomic E-state index is 12.5. The van der Waals surface area contributed by atoms with Gasteiger partial charge in [-0.2, -0.15) is 0 Å². The van der Waals surface area contributed by atoms with E-state index in [1.165, 1.54) is 0 Å². The molecule has 1 saturated heterocycles. The number of likely N-dealkylation sites (tertiary alicyclic amines) is 1. The summed E-state index contributed by atoms with van der Waals surface area (Å²) >= 11 is 2.20. The lowest BCUT2D eigenvalue weighted by molar-refractivity contribution is -0.136. The zero-order valence-corrected chi connectivity index (χ0v) is 13.9. The molecule has 1 aromatic rings. The highest BCUT2D eigenvalue weighted by atomic mass is 127. The molecule has 1 aromatic carbocycles. The Balaban J connectivity index is 1.91. The molecule has 2 N–H and O–H groups in total. The molecule has 6 heteroatoms. The lowest BCUT2D eigenvalue weighted by Gasteiger charge is -2.33.